The van der Waals surface area contributed by atoms with Gasteiger partial charge in [0, 0.05) is 0 Å². The summed E-state index contributed by atoms with van der Waals surface area (Å²) in [7, 11) is 0. The Morgan fingerprint density at radius 1 is 0.857 bits per heavy atom. The zero-order valence-electron chi connectivity index (χ0n) is 12.5. The Labute approximate surface area is 133 Å². The molecule has 0 aliphatic heterocycles. The normalized spacial score (nSPS) is 17.0. The van der Waals surface area contributed by atoms with Crippen LogP contribution in [-0.2, 0) is 0 Å². The second kappa shape index (κ2) is 7.13. The van der Waals surface area contributed by atoms with Crippen LogP contribution in [0.25, 0.3) is 11.1 Å². The minimum Gasteiger partial charge on any atom is -0.118 e. The molecule has 2 aromatic rings. The number of benzene rings is 2. The Morgan fingerprint density at radius 3 is 2.14 bits per heavy atom. The van der Waals surface area contributed by atoms with Crippen LogP contribution in [0.1, 0.15) is 49.5 Å². The predicted molar refractivity (Wildman–Crippen MR) is 91.7 cm³/mol. The van der Waals surface area contributed by atoms with Crippen LogP contribution < -0.4 is 0 Å². The monoisotopic (exact) mass is 298 g/mol. The molecule has 0 saturated heterocycles. The average molecular weight is 299 g/mol. The third-order valence-corrected chi connectivity index (χ3v) is 5.15. The molecule has 0 bridgehead atoms. The van der Waals surface area contributed by atoms with Gasteiger partial charge in [-0.3, -0.25) is 0 Å². The van der Waals surface area contributed by atoms with Gasteiger partial charge in [0.1, 0.15) is 0 Å². The van der Waals surface area contributed by atoms with Crippen LogP contribution in [0.15, 0.2) is 54.6 Å². The topological polar surface area (TPSA) is 0 Å². The van der Waals surface area contributed by atoms with Crippen LogP contribution >= 0.6 is 11.6 Å². The van der Waals surface area contributed by atoms with Crippen molar-refractivity contribution < 1.29 is 0 Å². The van der Waals surface area contributed by atoms with E-state index >= 15 is 0 Å². The summed E-state index contributed by atoms with van der Waals surface area (Å²) in [6.07, 6.45) is 8.06. The SMILES string of the molecule is ClC(CCC1CCCC1)c1ccc(-c2ccccc2)cc1. The van der Waals surface area contributed by atoms with Crippen LogP contribution in [0.3, 0.4) is 0 Å². The van der Waals surface area contributed by atoms with Gasteiger partial charge in [-0.25, -0.2) is 0 Å². The van der Waals surface area contributed by atoms with E-state index in [2.05, 4.69) is 54.6 Å². The smallest absolute Gasteiger partial charge is 0.0585 e. The molecule has 1 unspecified atom stereocenters. The Morgan fingerprint density at radius 2 is 1.48 bits per heavy atom. The van der Waals surface area contributed by atoms with Gasteiger partial charge < -0.3 is 0 Å². The molecule has 0 N–H and O–H groups in total. The number of alkyl halides is 1. The van der Waals surface area contributed by atoms with Crippen molar-refractivity contribution in [2.24, 2.45) is 5.92 Å². The molecule has 0 heterocycles. The lowest BCUT2D eigenvalue weighted by molar-refractivity contribution is 0.480. The fourth-order valence-electron chi connectivity index (χ4n) is 3.36. The van der Waals surface area contributed by atoms with Crippen molar-refractivity contribution in [1.29, 1.82) is 0 Å². The molecular formula is C20H23Cl. The van der Waals surface area contributed by atoms with E-state index in [0.29, 0.717) is 0 Å². The van der Waals surface area contributed by atoms with E-state index in [4.69, 9.17) is 11.6 Å². The quantitative estimate of drug-likeness (QED) is 0.545. The van der Waals surface area contributed by atoms with E-state index in [1.54, 1.807) is 0 Å². The Bertz CT molecular complexity index is 538. The van der Waals surface area contributed by atoms with Crippen molar-refractivity contribution in [2.75, 3.05) is 0 Å². The molecule has 1 heteroatoms. The maximum atomic E-state index is 6.58. The number of hydrogen-bond acceptors (Lipinski definition) is 0. The van der Waals surface area contributed by atoms with Crippen molar-refractivity contribution in [1.82, 2.24) is 0 Å². The molecule has 0 aromatic heterocycles. The lowest BCUT2D eigenvalue weighted by atomic mass is 9.97. The highest BCUT2D eigenvalue weighted by molar-refractivity contribution is 6.20. The lowest BCUT2D eigenvalue weighted by Crippen LogP contribution is -1.97. The summed E-state index contributed by atoms with van der Waals surface area (Å²) in [6, 6.07) is 19.3. The Hall–Kier alpha value is -1.27. The van der Waals surface area contributed by atoms with Crippen molar-refractivity contribution in [3.63, 3.8) is 0 Å². The molecule has 21 heavy (non-hydrogen) atoms. The predicted octanol–water partition coefficient (Wildman–Crippen LogP) is 6.60. The van der Waals surface area contributed by atoms with Gasteiger partial charge in [-0.1, -0.05) is 80.3 Å². The molecule has 0 spiro atoms. The van der Waals surface area contributed by atoms with Crippen molar-refractivity contribution in [3.8, 4) is 11.1 Å². The number of hydrogen-bond donors (Lipinski definition) is 0. The van der Waals surface area contributed by atoms with Gasteiger partial charge in [-0.05, 0) is 35.4 Å². The van der Waals surface area contributed by atoms with Crippen LogP contribution in [-0.4, -0.2) is 0 Å². The molecular weight excluding hydrogens is 276 g/mol. The summed E-state index contributed by atoms with van der Waals surface area (Å²) >= 11 is 6.58. The van der Waals surface area contributed by atoms with E-state index < -0.39 is 0 Å². The highest BCUT2D eigenvalue weighted by atomic mass is 35.5. The lowest BCUT2D eigenvalue weighted by Gasteiger charge is -2.14. The molecule has 1 atom stereocenters. The van der Waals surface area contributed by atoms with Gasteiger partial charge in [-0.15, -0.1) is 11.6 Å². The summed E-state index contributed by atoms with van der Waals surface area (Å²) in [6.45, 7) is 0. The molecule has 3 rings (SSSR count). The van der Waals surface area contributed by atoms with Crippen molar-refractivity contribution in [2.45, 2.75) is 43.9 Å². The zero-order chi connectivity index (χ0) is 14.5. The second-order valence-electron chi connectivity index (χ2n) is 6.18. The first-order valence-electron chi connectivity index (χ1n) is 8.12. The summed E-state index contributed by atoms with van der Waals surface area (Å²) < 4.78 is 0. The molecule has 1 aliphatic rings. The van der Waals surface area contributed by atoms with E-state index in [-0.39, 0.29) is 5.38 Å². The van der Waals surface area contributed by atoms with Crippen LogP contribution in [0, 0.1) is 5.92 Å². The molecule has 2 aromatic carbocycles. The molecule has 0 amide bonds. The fraction of sp³-hybridized carbons (Fsp3) is 0.400. The van der Waals surface area contributed by atoms with E-state index in [0.717, 1.165) is 12.3 Å². The second-order valence-corrected chi connectivity index (χ2v) is 6.71. The highest BCUT2D eigenvalue weighted by Crippen LogP contribution is 2.34. The number of rotatable bonds is 5. The minimum atomic E-state index is 0.162. The first kappa shape index (κ1) is 14.7. The van der Waals surface area contributed by atoms with Gasteiger partial charge in [0.2, 0.25) is 0 Å². The Balaban J connectivity index is 1.60. The number of halogens is 1. The third-order valence-electron chi connectivity index (χ3n) is 4.68. The molecule has 0 radical (unpaired) electrons. The van der Waals surface area contributed by atoms with Crippen LogP contribution in [0.5, 0.6) is 0 Å². The van der Waals surface area contributed by atoms with E-state index in [9.17, 15) is 0 Å². The first-order valence-corrected chi connectivity index (χ1v) is 8.56. The van der Waals surface area contributed by atoms with Crippen LogP contribution in [0.4, 0.5) is 0 Å². The zero-order valence-corrected chi connectivity index (χ0v) is 13.2. The van der Waals surface area contributed by atoms with Crippen molar-refractivity contribution >= 4 is 11.6 Å². The molecule has 110 valence electrons. The molecule has 1 aliphatic carbocycles. The summed E-state index contributed by atoms with van der Waals surface area (Å²) in [4.78, 5) is 0. The molecule has 0 nitrogen and oxygen atoms in total. The van der Waals surface area contributed by atoms with E-state index in [1.807, 2.05) is 0 Å². The van der Waals surface area contributed by atoms with Crippen LogP contribution in [0.2, 0.25) is 0 Å². The maximum Gasteiger partial charge on any atom is 0.0585 e. The van der Waals surface area contributed by atoms with Gasteiger partial charge in [0.15, 0.2) is 0 Å². The summed E-state index contributed by atoms with van der Waals surface area (Å²) in [5.74, 6) is 0.926. The largest absolute Gasteiger partial charge is 0.118 e. The van der Waals surface area contributed by atoms with Crippen molar-refractivity contribution in [3.05, 3.63) is 60.2 Å². The third kappa shape index (κ3) is 3.89. The minimum absolute atomic E-state index is 0.162. The highest BCUT2D eigenvalue weighted by Gasteiger charge is 2.17. The van der Waals surface area contributed by atoms with Gasteiger partial charge in [-0.2, -0.15) is 0 Å². The standard InChI is InChI=1S/C20H23Cl/c21-20(15-10-16-6-4-5-7-16)19-13-11-18(12-14-19)17-8-2-1-3-9-17/h1-3,8-9,11-14,16,20H,4-7,10,15H2. The molecule has 1 saturated carbocycles. The van der Waals surface area contributed by atoms with Gasteiger partial charge in [0.05, 0.1) is 5.38 Å². The average Bonchev–Trinajstić information content (AvgIpc) is 3.07. The van der Waals surface area contributed by atoms with Gasteiger partial charge >= 0.3 is 0 Å². The first-order chi connectivity index (χ1) is 10.3. The van der Waals surface area contributed by atoms with E-state index in [1.165, 1.54) is 48.8 Å². The maximum absolute atomic E-state index is 6.58. The summed E-state index contributed by atoms with van der Waals surface area (Å²) in [5, 5.41) is 0.162. The fourth-order valence-corrected chi connectivity index (χ4v) is 3.63. The Kier molecular flexibility index (Phi) is 4.98. The summed E-state index contributed by atoms with van der Waals surface area (Å²) in [5.41, 5.74) is 3.79. The molecule has 1 fully saturated rings. The van der Waals surface area contributed by atoms with Gasteiger partial charge in [0.25, 0.3) is 0 Å².